The Labute approximate surface area is 77.8 Å². The molecule has 0 radical (unpaired) electrons. The van der Waals surface area contributed by atoms with E-state index in [1.165, 1.54) is 0 Å². The fourth-order valence-corrected chi connectivity index (χ4v) is 1.22. The molecule has 0 amide bonds. The monoisotopic (exact) mass is 182 g/mol. The fourth-order valence-electron chi connectivity index (χ4n) is 1.22. The van der Waals surface area contributed by atoms with Crippen molar-refractivity contribution in [2.45, 2.75) is 38.1 Å². The van der Waals surface area contributed by atoms with Gasteiger partial charge in [0.1, 0.15) is 12.2 Å². The minimum Gasteiger partial charge on any atom is -0.496 e. The third kappa shape index (κ3) is 2.44. The molecular weight excluding hydrogens is 168 g/mol. The van der Waals surface area contributed by atoms with Gasteiger partial charge >= 0.3 is 0 Å². The van der Waals surface area contributed by atoms with Gasteiger partial charge in [-0.05, 0) is 19.9 Å². The molecule has 4 atom stereocenters. The molecule has 4 heteroatoms. The fraction of sp³-hybridized carbons (Fsp3) is 0.667. The molecule has 13 heavy (non-hydrogen) atoms. The van der Waals surface area contributed by atoms with Crippen molar-refractivity contribution in [3.8, 4) is 6.07 Å². The molecule has 1 aliphatic rings. The lowest BCUT2D eigenvalue weighted by Crippen LogP contribution is -2.49. The van der Waals surface area contributed by atoms with E-state index in [4.69, 9.17) is 10.00 Å². The predicted molar refractivity (Wildman–Crippen MR) is 47.7 cm³/mol. The lowest BCUT2D eigenvalue weighted by molar-refractivity contribution is -0.00768. The molecule has 0 saturated heterocycles. The first-order valence-corrected chi connectivity index (χ1v) is 4.31. The number of nitrogens with zero attached hydrogens (tertiary/aromatic N) is 1. The largest absolute Gasteiger partial charge is 0.496 e. The Morgan fingerprint density at radius 2 is 2.38 bits per heavy atom. The molecule has 1 unspecified atom stereocenters. The molecule has 0 fully saturated rings. The lowest BCUT2D eigenvalue weighted by Gasteiger charge is -2.30. The molecule has 1 rings (SSSR count). The second kappa shape index (κ2) is 4.26. The quantitative estimate of drug-likeness (QED) is 0.638. The number of hydrogen-bond donors (Lipinski definition) is 2. The zero-order valence-electron chi connectivity index (χ0n) is 7.77. The topological polar surface area (TPSA) is 65.3 Å². The Balaban J connectivity index is 2.54. The van der Waals surface area contributed by atoms with Crippen LogP contribution in [0.3, 0.4) is 0 Å². The summed E-state index contributed by atoms with van der Waals surface area (Å²) in [6.45, 7) is 3.54. The molecule has 0 aromatic heterocycles. The average Bonchev–Trinajstić information content (AvgIpc) is 2.13. The molecule has 4 nitrogen and oxygen atoms in total. The van der Waals surface area contributed by atoms with Crippen LogP contribution in [0.15, 0.2) is 12.3 Å². The van der Waals surface area contributed by atoms with Crippen LogP contribution in [0.25, 0.3) is 0 Å². The first-order chi connectivity index (χ1) is 6.15. The van der Waals surface area contributed by atoms with Crippen molar-refractivity contribution in [1.29, 1.82) is 5.26 Å². The number of aliphatic hydroxyl groups excluding tert-OH is 1. The van der Waals surface area contributed by atoms with Gasteiger partial charge in [0, 0.05) is 0 Å². The predicted octanol–water partition coefficient (Wildman–Crippen LogP) is 0.150. The van der Waals surface area contributed by atoms with Crippen LogP contribution in [-0.4, -0.2) is 29.4 Å². The second-order valence-electron chi connectivity index (χ2n) is 3.20. The first-order valence-electron chi connectivity index (χ1n) is 4.31. The van der Waals surface area contributed by atoms with Crippen molar-refractivity contribution in [1.82, 2.24) is 5.32 Å². The molecule has 0 aromatic carbocycles. The minimum absolute atomic E-state index is 0.196. The van der Waals surface area contributed by atoms with Crippen molar-refractivity contribution in [3.63, 3.8) is 0 Å². The molecule has 0 saturated carbocycles. The highest BCUT2D eigenvalue weighted by Crippen LogP contribution is 2.11. The van der Waals surface area contributed by atoms with E-state index < -0.39 is 6.10 Å². The van der Waals surface area contributed by atoms with Crippen molar-refractivity contribution >= 4 is 0 Å². The maximum Gasteiger partial charge on any atom is 0.123 e. The van der Waals surface area contributed by atoms with Crippen molar-refractivity contribution < 1.29 is 9.84 Å². The van der Waals surface area contributed by atoms with Gasteiger partial charge in [0.15, 0.2) is 0 Å². The Kier molecular flexibility index (Phi) is 3.29. The maximum atomic E-state index is 9.63. The Bertz CT molecular complexity index is 234. The number of nitrogens with one attached hydrogen (secondary N) is 1. The zero-order valence-corrected chi connectivity index (χ0v) is 7.77. The molecule has 0 spiro atoms. The molecule has 0 aliphatic carbocycles. The van der Waals surface area contributed by atoms with Crippen LogP contribution in [0, 0.1) is 11.3 Å². The van der Waals surface area contributed by atoms with Crippen LogP contribution in [0.2, 0.25) is 0 Å². The third-order valence-electron chi connectivity index (χ3n) is 2.06. The Morgan fingerprint density at radius 3 is 3.00 bits per heavy atom. The van der Waals surface area contributed by atoms with E-state index in [0.29, 0.717) is 0 Å². The highest BCUT2D eigenvalue weighted by atomic mass is 16.5. The van der Waals surface area contributed by atoms with Crippen LogP contribution < -0.4 is 5.32 Å². The summed E-state index contributed by atoms with van der Waals surface area (Å²) in [6, 6.07) is 1.59. The molecule has 0 bridgehead atoms. The number of nitriles is 1. The highest BCUT2D eigenvalue weighted by molar-refractivity contribution is 5.03. The molecule has 1 aliphatic heterocycles. The van der Waals surface area contributed by atoms with Gasteiger partial charge in [-0.25, -0.2) is 0 Å². The number of aliphatic hydroxyl groups is 1. The lowest BCUT2D eigenvalue weighted by atomic mass is 10.0. The zero-order chi connectivity index (χ0) is 9.84. The molecule has 2 N–H and O–H groups in total. The van der Waals surface area contributed by atoms with E-state index in [1.807, 2.05) is 0 Å². The van der Waals surface area contributed by atoms with E-state index in [2.05, 4.69) is 11.4 Å². The summed E-state index contributed by atoms with van der Waals surface area (Å²) in [6.07, 6.45) is 2.45. The summed E-state index contributed by atoms with van der Waals surface area (Å²) in [7, 11) is 0. The van der Waals surface area contributed by atoms with Crippen molar-refractivity contribution in [2.75, 3.05) is 0 Å². The maximum absolute atomic E-state index is 9.63. The average molecular weight is 182 g/mol. The van der Waals surface area contributed by atoms with Gasteiger partial charge in [-0.1, -0.05) is 0 Å². The van der Waals surface area contributed by atoms with Gasteiger partial charge in [-0.2, -0.15) is 5.26 Å². The highest BCUT2D eigenvalue weighted by Gasteiger charge is 2.27. The summed E-state index contributed by atoms with van der Waals surface area (Å²) in [5, 5.41) is 21.2. The van der Waals surface area contributed by atoms with Gasteiger partial charge in [0.25, 0.3) is 0 Å². The third-order valence-corrected chi connectivity index (χ3v) is 2.06. The van der Waals surface area contributed by atoms with Crippen LogP contribution in [-0.2, 0) is 4.74 Å². The normalized spacial score (nSPS) is 34.8. The van der Waals surface area contributed by atoms with Crippen molar-refractivity contribution in [2.24, 2.45) is 0 Å². The summed E-state index contributed by atoms with van der Waals surface area (Å²) >= 11 is 0. The number of ether oxygens (including phenoxy) is 1. The summed E-state index contributed by atoms with van der Waals surface area (Å²) in [5.74, 6) is 0. The van der Waals surface area contributed by atoms with Gasteiger partial charge in [0.2, 0.25) is 0 Å². The summed E-state index contributed by atoms with van der Waals surface area (Å²) in [5.41, 5.74) is 0. The Hall–Kier alpha value is -1.05. The summed E-state index contributed by atoms with van der Waals surface area (Å²) < 4.78 is 5.08. The smallest absolute Gasteiger partial charge is 0.123 e. The Morgan fingerprint density at radius 1 is 1.69 bits per heavy atom. The van der Waals surface area contributed by atoms with Crippen LogP contribution in [0.4, 0.5) is 0 Å². The minimum atomic E-state index is -0.596. The van der Waals surface area contributed by atoms with Gasteiger partial charge in [0.05, 0.1) is 24.4 Å². The van der Waals surface area contributed by atoms with Gasteiger partial charge < -0.3 is 9.84 Å². The number of hydrogen-bond acceptors (Lipinski definition) is 4. The second-order valence-corrected chi connectivity index (χ2v) is 3.20. The van der Waals surface area contributed by atoms with Crippen LogP contribution >= 0.6 is 0 Å². The number of rotatable bonds is 2. The first kappa shape index (κ1) is 10.0. The van der Waals surface area contributed by atoms with Crippen molar-refractivity contribution in [3.05, 3.63) is 12.3 Å². The molecule has 0 aromatic rings. The van der Waals surface area contributed by atoms with E-state index in [9.17, 15) is 5.11 Å². The van der Waals surface area contributed by atoms with E-state index in [1.54, 1.807) is 26.2 Å². The standard InChI is InChI=1S/C9H14N2O2/c1-6(5-10)11-8-3-4-13-7(2)9(8)12/h3-4,6-9,11-12H,1-2H3/t6?,7-,8+,9-/m0/s1. The van der Waals surface area contributed by atoms with Gasteiger partial charge in [-0.15, -0.1) is 0 Å². The van der Waals surface area contributed by atoms with Crippen LogP contribution in [0.5, 0.6) is 0 Å². The molecule has 72 valence electrons. The molecule has 1 heterocycles. The van der Waals surface area contributed by atoms with E-state index in [0.717, 1.165) is 0 Å². The summed E-state index contributed by atoms with van der Waals surface area (Å²) in [4.78, 5) is 0. The van der Waals surface area contributed by atoms with Gasteiger partial charge in [-0.3, -0.25) is 5.32 Å². The van der Waals surface area contributed by atoms with Crippen LogP contribution in [0.1, 0.15) is 13.8 Å². The SMILES string of the molecule is CC(C#N)N[C@@H]1C=CO[C@@H](C)[C@@H]1O. The molecular formula is C9H14N2O2. The van der Waals surface area contributed by atoms with E-state index >= 15 is 0 Å². The van der Waals surface area contributed by atoms with E-state index in [-0.39, 0.29) is 18.2 Å².